The highest BCUT2D eigenvalue weighted by molar-refractivity contribution is 5.69. The van der Waals surface area contributed by atoms with Crippen LogP contribution in [0.1, 0.15) is 87.0 Å². The molecule has 0 spiro atoms. The Balaban J connectivity index is 4.78. The van der Waals surface area contributed by atoms with Gasteiger partial charge in [-0.05, 0) is 73.3 Å². The van der Waals surface area contributed by atoms with Gasteiger partial charge in [0.05, 0.1) is 0 Å². The Labute approximate surface area is 155 Å². The smallest absolute Gasteiger partial charge is 0.306 e. The average molecular weight is 347 g/mol. The summed E-state index contributed by atoms with van der Waals surface area (Å²) in [4.78, 5) is 11.7. The number of esters is 1. The molecular weight excluding hydrogens is 308 g/mol. The van der Waals surface area contributed by atoms with Crippen molar-refractivity contribution in [1.82, 2.24) is 0 Å². The molecule has 0 saturated carbocycles. The normalized spacial score (nSPS) is 13.2. The van der Waals surface area contributed by atoms with Gasteiger partial charge in [0.15, 0.2) is 0 Å². The van der Waals surface area contributed by atoms with Crippen molar-refractivity contribution in [2.75, 3.05) is 0 Å². The zero-order valence-corrected chi connectivity index (χ0v) is 17.4. The first-order valence-electron chi connectivity index (χ1n) is 9.53. The van der Waals surface area contributed by atoms with Crippen molar-refractivity contribution in [2.24, 2.45) is 0 Å². The van der Waals surface area contributed by atoms with Gasteiger partial charge in [0.1, 0.15) is 6.10 Å². The van der Waals surface area contributed by atoms with Crippen molar-refractivity contribution in [3.8, 4) is 0 Å². The van der Waals surface area contributed by atoms with Crippen molar-refractivity contribution < 1.29 is 9.53 Å². The van der Waals surface area contributed by atoms with Crippen LogP contribution in [0.4, 0.5) is 0 Å². The number of carbonyl (C=O) groups is 1. The fraction of sp³-hybridized carbons (Fsp3) is 0.609. The van der Waals surface area contributed by atoms with E-state index in [1.807, 2.05) is 6.92 Å². The Kier molecular flexibility index (Phi) is 12.8. The molecular formula is C23H38O2. The van der Waals surface area contributed by atoms with Crippen LogP contribution in [0.5, 0.6) is 0 Å². The molecule has 0 bridgehead atoms. The molecule has 2 heteroatoms. The van der Waals surface area contributed by atoms with E-state index in [4.69, 9.17) is 4.74 Å². The van der Waals surface area contributed by atoms with Gasteiger partial charge in [-0.2, -0.15) is 0 Å². The maximum atomic E-state index is 11.7. The van der Waals surface area contributed by atoms with Gasteiger partial charge in [0, 0.05) is 12.8 Å². The van der Waals surface area contributed by atoms with E-state index in [1.165, 1.54) is 22.3 Å². The van der Waals surface area contributed by atoms with Gasteiger partial charge in [-0.1, -0.05) is 47.4 Å². The summed E-state index contributed by atoms with van der Waals surface area (Å²) in [5.74, 6) is -0.131. The van der Waals surface area contributed by atoms with E-state index in [2.05, 4.69) is 65.8 Å². The van der Waals surface area contributed by atoms with Gasteiger partial charge in [0.25, 0.3) is 0 Å². The summed E-state index contributed by atoms with van der Waals surface area (Å²) in [6, 6.07) is 0. The molecule has 0 heterocycles. The summed E-state index contributed by atoms with van der Waals surface area (Å²) in [5, 5.41) is 0. The molecule has 0 amide bonds. The van der Waals surface area contributed by atoms with Crippen LogP contribution in [-0.4, -0.2) is 12.1 Å². The predicted molar refractivity (Wildman–Crippen MR) is 110 cm³/mol. The van der Waals surface area contributed by atoms with E-state index in [0.717, 1.165) is 32.1 Å². The highest BCUT2D eigenvalue weighted by atomic mass is 16.5. The highest BCUT2D eigenvalue weighted by Gasteiger charge is 2.10. The first-order valence-corrected chi connectivity index (χ1v) is 9.53. The molecule has 0 aromatic heterocycles. The van der Waals surface area contributed by atoms with E-state index in [9.17, 15) is 4.79 Å². The number of allylic oxidation sites excluding steroid dienone is 6. The van der Waals surface area contributed by atoms with Crippen LogP contribution in [-0.2, 0) is 9.53 Å². The molecule has 0 saturated heterocycles. The summed E-state index contributed by atoms with van der Waals surface area (Å²) in [7, 11) is 0. The number of ether oxygens (including phenoxy) is 1. The molecule has 0 radical (unpaired) electrons. The molecule has 1 unspecified atom stereocenters. The average Bonchev–Trinajstić information content (AvgIpc) is 2.51. The lowest BCUT2D eigenvalue weighted by Gasteiger charge is -2.14. The van der Waals surface area contributed by atoms with Gasteiger partial charge in [-0.3, -0.25) is 4.79 Å². The van der Waals surface area contributed by atoms with E-state index in [0.29, 0.717) is 6.42 Å². The Morgan fingerprint density at radius 2 is 1.36 bits per heavy atom. The third-order valence-electron chi connectivity index (χ3n) is 3.92. The summed E-state index contributed by atoms with van der Waals surface area (Å²) in [6.07, 6.45) is 14.0. The Hall–Kier alpha value is -1.57. The molecule has 2 nitrogen and oxygen atoms in total. The van der Waals surface area contributed by atoms with Gasteiger partial charge < -0.3 is 4.74 Å². The van der Waals surface area contributed by atoms with Crippen molar-refractivity contribution in [3.05, 3.63) is 46.6 Å². The molecule has 0 fully saturated rings. The van der Waals surface area contributed by atoms with Crippen molar-refractivity contribution in [2.45, 2.75) is 93.1 Å². The third kappa shape index (κ3) is 14.5. The Morgan fingerprint density at radius 1 is 0.840 bits per heavy atom. The van der Waals surface area contributed by atoms with Crippen LogP contribution in [0.15, 0.2) is 46.6 Å². The number of hydrogen-bond acceptors (Lipinski definition) is 2. The van der Waals surface area contributed by atoms with Crippen LogP contribution >= 0.6 is 0 Å². The molecule has 1 atom stereocenters. The molecule has 0 aliphatic heterocycles. The summed E-state index contributed by atoms with van der Waals surface area (Å²) in [6.45, 7) is 14.6. The summed E-state index contributed by atoms with van der Waals surface area (Å²) < 4.78 is 5.60. The predicted octanol–water partition coefficient (Wildman–Crippen LogP) is 7.08. The minimum atomic E-state index is -0.155. The van der Waals surface area contributed by atoms with Crippen molar-refractivity contribution in [3.63, 3.8) is 0 Å². The Bertz CT molecular complexity index is 510. The topological polar surface area (TPSA) is 26.3 Å². The number of hydrogen-bond donors (Lipinski definition) is 0. The fourth-order valence-corrected chi connectivity index (χ4v) is 2.40. The molecule has 0 aromatic carbocycles. The van der Waals surface area contributed by atoms with Crippen molar-refractivity contribution >= 4 is 5.97 Å². The monoisotopic (exact) mass is 346 g/mol. The first kappa shape index (κ1) is 23.4. The van der Waals surface area contributed by atoms with Crippen LogP contribution in [0.3, 0.4) is 0 Å². The molecule has 142 valence electrons. The zero-order chi connectivity index (χ0) is 19.2. The van der Waals surface area contributed by atoms with E-state index in [-0.39, 0.29) is 12.1 Å². The number of carbonyl (C=O) groups excluding carboxylic acids is 1. The van der Waals surface area contributed by atoms with Crippen LogP contribution in [0.2, 0.25) is 0 Å². The summed E-state index contributed by atoms with van der Waals surface area (Å²) in [5.41, 5.74) is 5.33. The number of rotatable bonds is 11. The molecule has 0 N–H and O–H groups in total. The lowest BCUT2D eigenvalue weighted by molar-refractivity contribution is -0.146. The third-order valence-corrected chi connectivity index (χ3v) is 3.92. The fourth-order valence-electron chi connectivity index (χ4n) is 2.40. The maximum absolute atomic E-state index is 11.7. The second-order valence-electron chi connectivity index (χ2n) is 7.32. The van der Waals surface area contributed by atoms with Crippen LogP contribution in [0.25, 0.3) is 0 Å². The maximum Gasteiger partial charge on any atom is 0.306 e. The second-order valence-corrected chi connectivity index (χ2v) is 7.32. The lowest BCUT2D eigenvalue weighted by atomic mass is 10.0. The minimum Gasteiger partial charge on any atom is -0.458 e. The largest absolute Gasteiger partial charge is 0.458 e. The lowest BCUT2D eigenvalue weighted by Crippen LogP contribution is -2.15. The highest BCUT2D eigenvalue weighted by Crippen LogP contribution is 2.15. The molecule has 0 rings (SSSR count). The zero-order valence-electron chi connectivity index (χ0n) is 17.4. The molecule has 0 aromatic rings. The Morgan fingerprint density at radius 3 is 1.84 bits per heavy atom. The quantitative estimate of drug-likeness (QED) is 0.295. The second kappa shape index (κ2) is 13.7. The van der Waals surface area contributed by atoms with Gasteiger partial charge in [-0.15, -0.1) is 0 Å². The first-order chi connectivity index (χ1) is 11.7. The van der Waals surface area contributed by atoms with E-state index in [1.54, 1.807) is 0 Å². The van der Waals surface area contributed by atoms with Gasteiger partial charge in [0.2, 0.25) is 0 Å². The SMILES string of the molecule is CCC(=O)OC(C=C(C)CCC=C(C)C)CC=C(C)CCC=C(C)C. The molecule has 0 aliphatic rings. The molecule has 25 heavy (non-hydrogen) atoms. The summed E-state index contributed by atoms with van der Waals surface area (Å²) >= 11 is 0. The van der Waals surface area contributed by atoms with Gasteiger partial charge in [-0.25, -0.2) is 0 Å². The van der Waals surface area contributed by atoms with Gasteiger partial charge >= 0.3 is 5.97 Å². The van der Waals surface area contributed by atoms with Crippen molar-refractivity contribution in [1.29, 1.82) is 0 Å². The van der Waals surface area contributed by atoms with E-state index < -0.39 is 0 Å². The minimum absolute atomic E-state index is 0.131. The van der Waals surface area contributed by atoms with E-state index >= 15 is 0 Å². The van der Waals surface area contributed by atoms with Crippen LogP contribution < -0.4 is 0 Å². The standard InChI is InChI=1S/C23H38O2/c1-8-23(24)25-22(17-21(7)14-10-12-19(4)5)16-15-20(6)13-9-11-18(2)3/h11-12,15,17,22H,8-10,13-14,16H2,1-7H3. The molecule has 0 aliphatic carbocycles. The van der Waals surface area contributed by atoms with Crippen LogP contribution in [0, 0.1) is 0 Å².